The smallest absolute Gasteiger partial charge is 0.303 e. The molecule has 3 rings (SSSR count). The highest BCUT2D eigenvalue weighted by molar-refractivity contribution is 7.89. The topological polar surface area (TPSA) is 83.5 Å². The van der Waals surface area contributed by atoms with Crippen LogP contribution in [-0.4, -0.2) is 25.5 Å². The maximum atomic E-state index is 12.4. The molecule has 0 amide bonds. The Balaban J connectivity index is 1.64. The molecule has 0 unspecified atom stereocenters. The van der Waals surface area contributed by atoms with Gasteiger partial charge in [-0.3, -0.25) is 4.79 Å². The molecule has 1 aliphatic carbocycles. The number of carboxylic acid groups (broad SMARTS) is 1. The van der Waals surface area contributed by atoms with Crippen LogP contribution in [0.5, 0.6) is 0 Å². The van der Waals surface area contributed by atoms with Crippen molar-refractivity contribution in [2.24, 2.45) is 5.92 Å². The predicted octanol–water partition coefficient (Wildman–Crippen LogP) is 2.89. The fraction of sp³-hybridized carbons (Fsp3) is 0.278. The molecule has 2 N–H and O–H groups in total. The first-order valence-corrected chi connectivity index (χ1v) is 9.32. The van der Waals surface area contributed by atoms with Crippen molar-refractivity contribution in [3.8, 4) is 11.1 Å². The van der Waals surface area contributed by atoms with Crippen LogP contribution in [0.15, 0.2) is 59.5 Å². The second-order valence-corrected chi connectivity index (χ2v) is 7.86. The third-order valence-electron chi connectivity index (χ3n) is 4.29. The van der Waals surface area contributed by atoms with E-state index in [0.717, 1.165) is 11.1 Å². The zero-order chi connectivity index (χ0) is 17.2. The summed E-state index contributed by atoms with van der Waals surface area (Å²) in [6.45, 7) is 0. The Morgan fingerprint density at radius 2 is 1.58 bits per heavy atom. The third-order valence-corrected chi connectivity index (χ3v) is 5.83. The number of rotatable bonds is 6. The summed E-state index contributed by atoms with van der Waals surface area (Å²) in [6, 6.07) is 16.3. The average molecular weight is 345 g/mol. The minimum Gasteiger partial charge on any atom is -0.481 e. The van der Waals surface area contributed by atoms with E-state index >= 15 is 0 Å². The van der Waals surface area contributed by atoms with Crippen LogP contribution in [0.4, 0.5) is 0 Å². The second-order valence-electron chi connectivity index (χ2n) is 6.14. The highest BCUT2D eigenvalue weighted by Gasteiger charge is 2.33. The van der Waals surface area contributed by atoms with Gasteiger partial charge in [-0.2, -0.15) is 0 Å². The zero-order valence-corrected chi connectivity index (χ0v) is 13.9. The van der Waals surface area contributed by atoms with Gasteiger partial charge in [-0.25, -0.2) is 13.1 Å². The van der Waals surface area contributed by atoms with Crippen molar-refractivity contribution in [3.05, 3.63) is 54.6 Å². The van der Waals surface area contributed by atoms with Gasteiger partial charge >= 0.3 is 5.97 Å². The van der Waals surface area contributed by atoms with Crippen LogP contribution in [0.3, 0.4) is 0 Å². The summed E-state index contributed by atoms with van der Waals surface area (Å²) in [5.41, 5.74) is 1.99. The number of aliphatic carboxylic acids is 1. The third kappa shape index (κ3) is 3.83. The lowest BCUT2D eigenvalue weighted by atomic mass is 9.79. The van der Waals surface area contributed by atoms with E-state index in [4.69, 9.17) is 5.11 Å². The molecule has 1 fully saturated rings. The number of carboxylic acids is 1. The molecular weight excluding hydrogens is 326 g/mol. The van der Waals surface area contributed by atoms with E-state index in [1.54, 1.807) is 24.3 Å². The molecule has 5 nitrogen and oxygen atoms in total. The molecule has 126 valence electrons. The lowest BCUT2D eigenvalue weighted by molar-refractivity contribution is -0.138. The van der Waals surface area contributed by atoms with Crippen LogP contribution >= 0.6 is 0 Å². The minimum atomic E-state index is -3.57. The largest absolute Gasteiger partial charge is 0.481 e. The number of carbonyl (C=O) groups is 1. The van der Waals surface area contributed by atoms with Gasteiger partial charge in [0, 0.05) is 12.5 Å². The van der Waals surface area contributed by atoms with Gasteiger partial charge in [0.25, 0.3) is 0 Å². The van der Waals surface area contributed by atoms with Crippen molar-refractivity contribution >= 4 is 16.0 Å². The van der Waals surface area contributed by atoms with Gasteiger partial charge in [0.1, 0.15) is 0 Å². The highest BCUT2D eigenvalue weighted by Crippen LogP contribution is 2.31. The molecule has 24 heavy (non-hydrogen) atoms. The molecule has 6 heteroatoms. The van der Waals surface area contributed by atoms with E-state index < -0.39 is 16.0 Å². The van der Waals surface area contributed by atoms with E-state index in [1.807, 2.05) is 30.3 Å². The molecule has 1 saturated carbocycles. The van der Waals surface area contributed by atoms with Crippen molar-refractivity contribution in [3.63, 3.8) is 0 Å². The van der Waals surface area contributed by atoms with Crippen LogP contribution in [-0.2, 0) is 14.8 Å². The molecule has 0 bridgehead atoms. The first-order valence-electron chi connectivity index (χ1n) is 7.83. The van der Waals surface area contributed by atoms with E-state index in [2.05, 4.69) is 4.72 Å². The average Bonchev–Trinajstić information content (AvgIpc) is 2.53. The molecule has 0 atom stereocenters. The molecule has 0 aromatic heterocycles. The lowest BCUT2D eigenvalue weighted by Crippen LogP contribution is -2.44. The highest BCUT2D eigenvalue weighted by atomic mass is 32.2. The van der Waals surface area contributed by atoms with Gasteiger partial charge in [0.2, 0.25) is 10.0 Å². The summed E-state index contributed by atoms with van der Waals surface area (Å²) in [7, 11) is -3.57. The van der Waals surface area contributed by atoms with Crippen LogP contribution in [0, 0.1) is 5.92 Å². The number of benzene rings is 2. The Hall–Kier alpha value is -2.18. The standard InChI is InChI=1S/C18H19NO4S/c20-18(21)12-13-10-16(11-13)19-24(22,23)17-8-6-15(7-9-17)14-4-2-1-3-5-14/h1-9,13,16,19H,10-12H2,(H,20,21). The predicted molar refractivity (Wildman–Crippen MR) is 91.0 cm³/mol. The van der Waals surface area contributed by atoms with Gasteiger partial charge < -0.3 is 5.11 Å². The molecule has 0 saturated heterocycles. The van der Waals surface area contributed by atoms with Crippen LogP contribution in [0.25, 0.3) is 11.1 Å². The molecule has 0 spiro atoms. The van der Waals surface area contributed by atoms with E-state index in [9.17, 15) is 13.2 Å². The van der Waals surface area contributed by atoms with Gasteiger partial charge in [0.05, 0.1) is 4.90 Å². The summed E-state index contributed by atoms with van der Waals surface area (Å²) < 4.78 is 27.4. The van der Waals surface area contributed by atoms with E-state index in [0.29, 0.717) is 12.8 Å². The Morgan fingerprint density at radius 1 is 1.00 bits per heavy atom. The van der Waals surface area contributed by atoms with Crippen LogP contribution < -0.4 is 4.72 Å². The summed E-state index contributed by atoms with van der Waals surface area (Å²) in [6.07, 6.45) is 1.26. The Bertz CT molecular complexity index is 810. The monoisotopic (exact) mass is 345 g/mol. The zero-order valence-electron chi connectivity index (χ0n) is 13.1. The number of hydrogen-bond acceptors (Lipinski definition) is 3. The van der Waals surface area contributed by atoms with Gasteiger partial charge in [-0.05, 0) is 42.0 Å². The van der Waals surface area contributed by atoms with Crippen molar-refractivity contribution in [2.45, 2.75) is 30.2 Å². The molecule has 2 aromatic carbocycles. The number of hydrogen-bond donors (Lipinski definition) is 2. The first kappa shape index (κ1) is 16.7. The fourth-order valence-electron chi connectivity index (χ4n) is 2.99. The number of sulfonamides is 1. The Labute approximate surface area is 141 Å². The summed E-state index contributed by atoms with van der Waals surface area (Å²) in [4.78, 5) is 10.9. The van der Waals surface area contributed by atoms with E-state index in [-0.39, 0.29) is 23.3 Å². The van der Waals surface area contributed by atoms with Crippen molar-refractivity contribution in [1.29, 1.82) is 0 Å². The SMILES string of the molecule is O=C(O)CC1CC(NS(=O)(=O)c2ccc(-c3ccccc3)cc2)C1. The van der Waals surface area contributed by atoms with Crippen LogP contribution in [0.2, 0.25) is 0 Å². The van der Waals surface area contributed by atoms with Gasteiger partial charge in [0.15, 0.2) is 0 Å². The second kappa shape index (κ2) is 6.75. The van der Waals surface area contributed by atoms with Gasteiger partial charge in [-0.15, -0.1) is 0 Å². The van der Waals surface area contributed by atoms with Gasteiger partial charge in [-0.1, -0.05) is 42.5 Å². The number of nitrogens with one attached hydrogen (secondary N) is 1. The quantitative estimate of drug-likeness (QED) is 0.843. The normalized spacial score (nSPS) is 20.3. The summed E-state index contributed by atoms with van der Waals surface area (Å²) >= 11 is 0. The Morgan fingerprint density at radius 3 is 2.17 bits per heavy atom. The maximum Gasteiger partial charge on any atom is 0.303 e. The van der Waals surface area contributed by atoms with E-state index in [1.165, 1.54) is 0 Å². The van der Waals surface area contributed by atoms with Crippen molar-refractivity contribution < 1.29 is 18.3 Å². The summed E-state index contributed by atoms with van der Waals surface area (Å²) in [5, 5.41) is 8.73. The minimum absolute atomic E-state index is 0.0654. The lowest BCUT2D eigenvalue weighted by Gasteiger charge is -2.34. The maximum absolute atomic E-state index is 12.4. The molecular formula is C18H19NO4S. The fourth-order valence-corrected chi connectivity index (χ4v) is 4.25. The van der Waals surface area contributed by atoms with Crippen LogP contribution in [0.1, 0.15) is 19.3 Å². The Kier molecular flexibility index (Phi) is 4.69. The molecule has 0 heterocycles. The molecule has 1 aliphatic rings. The molecule has 0 radical (unpaired) electrons. The molecule has 2 aromatic rings. The molecule has 0 aliphatic heterocycles. The first-order chi connectivity index (χ1) is 11.4. The van der Waals surface area contributed by atoms with Crippen molar-refractivity contribution in [1.82, 2.24) is 4.72 Å². The summed E-state index contributed by atoms with van der Waals surface area (Å²) in [5.74, 6) is -0.770. The van der Waals surface area contributed by atoms with Crippen molar-refractivity contribution in [2.75, 3.05) is 0 Å².